The van der Waals surface area contributed by atoms with Gasteiger partial charge in [-0.1, -0.05) is 59.6 Å². The number of carbonyl (C=O) groups is 1. The maximum Gasteiger partial charge on any atom is 0.309 e. The lowest BCUT2D eigenvalue weighted by atomic mass is 9.33. The van der Waals surface area contributed by atoms with Crippen molar-refractivity contribution in [2.24, 2.45) is 56.7 Å². The average molecular weight is 441 g/mol. The van der Waals surface area contributed by atoms with E-state index in [1.165, 1.54) is 44.9 Å². The Balaban J connectivity index is 1.59. The summed E-state index contributed by atoms with van der Waals surface area (Å²) in [5.74, 6) is 2.72. The number of hydrogen-bond acceptors (Lipinski definition) is 1. The van der Waals surface area contributed by atoms with Crippen molar-refractivity contribution < 1.29 is 9.90 Å². The van der Waals surface area contributed by atoms with Gasteiger partial charge in [-0.25, -0.2) is 0 Å². The van der Waals surface area contributed by atoms with Crippen LogP contribution in [0.5, 0.6) is 0 Å². The largest absolute Gasteiger partial charge is 0.481 e. The Bertz CT molecular complexity index is 844. The number of hydrogen-bond donors (Lipinski definition) is 1. The summed E-state index contributed by atoms with van der Waals surface area (Å²) < 4.78 is 0. The van der Waals surface area contributed by atoms with E-state index in [9.17, 15) is 9.90 Å². The van der Waals surface area contributed by atoms with E-state index in [4.69, 9.17) is 0 Å². The highest BCUT2D eigenvalue weighted by molar-refractivity contribution is 5.75. The molecule has 0 heterocycles. The van der Waals surface area contributed by atoms with Crippen molar-refractivity contribution in [1.29, 1.82) is 0 Å². The lowest BCUT2D eigenvalue weighted by Crippen LogP contribution is -2.64. The van der Waals surface area contributed by atoms with E-state index in [1.54, 1.807) is 0 Å². The molecule has 0 amide bonds. The Hall–Kier alpha value is -0.790. The third-order valence-corrected chi connectivity index (χ3v) is 13.3. The molecule has 0 aromatic rings. The molecule has 32 heavy (non-hydrogen) atoms. The zero-order chi connectivity index (χ0) is 23.3. The van der Waals surface area contributed by atoms with Gasteiger partial charge >= 0.3 is 5.97 Å². The van der Waals surface area contributed by atoms with Gasteiger partial charge in [-0.05, 0) is 116 Å². The molecule has 10 atom stereocenters. The molecule has 0 radical (unpaired) electrons. The SMILES string of the molecule is C[C@H]1[C@H](C)CC[C@]2(C)CC[C@]3(C)C(=CC[C@@H]4[C@@]5(C)CCCC(C)(C(=O)O)C5CC[C@]43C)[C@H]12. The summed E-state index contributed by atoms with van der Waals surface area (Å²) in [5.41, 5.74) is 2.47. The van der Waals surface area contributed by atoms with Gasteiger partial charge in [0.25, 0.3) is 0 Å². The first-order valence-electron chi connectivity index (χ1n) is 13.8. The first-order chi connectivity index (χ1) is 14.8. The normalized spacial score (nSPS) is 57.3. The van der Waals surface area contributed by atoms with Crippen LogP contribution in [0.15, 0.2) is 11.6 Å². The Morgan fingerprint density at radius 1 is 0.906 bits per heavy atom. The summed E-state index contributed by atoms with van der Waals surface area (Å²) >= 11 is 0. The van der Waals surface area contributed by atoms with Crippen molar-refractivity contribution in [3.63, 3.8) is 0 Å². The van der Waals surface area contributed by atoms with Gasteiger partial charge in [-0.3, -0.25) is 4.79 Å². The van der Waals surface area contributed by atoms with Crippen molar-refractivity contribution in [3.05, 3.63) is 11.6 Å². The quantitative estimate of drug-likeness (QED) is 0.418. The molecule has 0 bridgehead atoms. The molecule has 2 heteroatoms. The minimum absolute atomic E-state index is 0.148. The van der Waals surface area contributed by atoms with Crippen LogP contribution in [0.2, 0.25) is 0 Å². The zero-order valence-corrected chi connectivity index (χ0v) is 21.9. The fourth-order valence-electron chi connectivity index (χ4n) is 10.9. The van der Waals surface area contributed by atoms with Gasteiger partial charge in [-0.2, -0.15) is 0 Å². The van der Waals surface area contributed by atoms with E-state index in [2.05, 4.69) is 54.5 Å². The lowest BCUT2D eigenvalue weighted by Gasteiger charge is -2.71. The van der Waals surface area contributed by atoms with E-state index < -0.39 is 11.4 Å². The minimum atomic E-state index is -0.547. The van der Waals surface area contributed by atoms with Crippen molar-refractivity contribution in [1.82, 2.24) is 0 Å². The summed E-state index contributed by atoms with van der Waals surface area (Å²) in [6.45, 7) is 17.5. The summed E-state index contributed by atoms with van der Waals surface area (Å²) in [6.07, 6.45) is 14.9. The van der Waals surface area contributed by atoms with Crippen LogP contribution in [-0.4, -0.2) is 11.1 Å². The van der Waals surface area contributed by atoms with Gasteiger partial charge in [0.05, 0.1) is 5.41 Å². The van der Waals surface area contributed by atoms with E-state index in [0.29, 0.717) is 22.7 Å². The van der Waals surface area contributed by atoms with Crippen LogP contribution in [0.4, 0.5) is 0 Å². The topological polar surface area (TPSA) is 37.3 Å². The second-order valence-electron chi connectivity index (χ2n) is 14.4. The van der Waals surface area contributed by atoms with E-state index >= 15 is 0 Å². The van der Waals surface area contributed by atoms with Gasteiger partial charge in [0.15, 0.2) is 0 Å². The molecular formula is C30H48O2. The zero-order valence-electron chi connectivity index (χ0n) is 21.9. The molecule has 0 aromatic carbocycles. The van der Waals surface area contributed by atoms with Gasteiger partial charge in [-0.15, -0.1) is 0 Å². The predicted molar refractivity (Wildman–Crippen MR) is 131 cm³/mol. The predicted octanol–water partition coefficient (Wildman–Crippen LogP) is 8.12. The fourth-order valence-corrected chi connectivity index (χ4v) is 10.9. The summed E-state index contributed by atoms with van der Waals surface area (Å²) in [6, 6.07) is 0. The number of carboxylic acid groups (broad SMARTS) is 1. The summed E-state index contributed by atoms with van der Waals surface area (Å²) in [4.78, 5) is 12.5. The molecule has 0 saturated heterocycles. The average Bonchev–Trinajstić information content (AvgIpc) is 2.72. The number of carboxylic acids is 1. The number of rotatable bonds is 1. The Morgan fingerprint density at radius 3 is 2.31 bits per heavy atom. The van der Waals surface area contributed by atoms with E-state index in [-0.39, 0.29) is 10.8 Å². The minimum Gasteiger partial charge on any atom is -0.481 e. The molecule has 0 aromatic heterocycles. The van der Waals surface area contributed by atoms with E-state index in [0.717, 1.165) is 37.0 Å². The molecule has 2 unspecified atom stereocenters. The van der Waals surface area contributed by atoms with Crippen molar-refractivity contribution in [2.45, 2.75) is 113 Å². The molecule has 5 rings (SSSR count). The van der Waals surface area contributed by atoms with Gasteiger partial charge < -0.3 is 5.11 Å². The molecular weight excluding hydrogens is 392 g/mol. The van der Waals surface area contributed by atoms with Crippen molar-refractivity contribution in [2.75, 3.05) is 0 Å². The van der Waals surface area contributed by atoms with Gasteiger partial charge in [0, 0.05) is 0 Å². The smallest absolute Gasteiger partial charge is 0.309 e. The molecule has 5 aliphatic carbocycles. The van der Waals surface area contributed by atoms with Crippen LogP contribution in [0, 0.1) is 56.7 Å². The Morgan fingerprint density at radius 2 is 1.62 bits per heavy atom. The fraction of sp³-hybridized carbons (Fsp3) is 0.900. The van der Waals surface area contributed by atoms with Crippen molar-refractivity contribution >= 4 is 5.97 Å². The highest BCUT2D eigenvalue weighted by atomic mass is 16.4. The second-order valence-corrected chi connectivity index (χ2v) is 14.4. The van der Waals surface area contributed by atoms with Crippen LogP contribution in [0.3, 0.4) is 0 Å². The number of aliphatic carboxylic acids is 1. The number of allylic oxidation sites excluding steroid dienone is 2. The van der Waals surface area contributed by atoms with Crippen LogP contribution in [0.25, 0.3) is 0 Å². The van der Waals surface area contributed by atoms with Gasteiger partial charge in [0.2, 0.25) is 0 Å². The monoisotopic (exact) mass is 440 g/mol. The molecule has 0 aliphatic heterocycles. The third-order valence-electron chi connectivity index (χ3n) is 13.3. The van der Waals surface area contributed by atoms with Gasteiger partial charge in [0.1, 0.15) is 0 Å². The van der Waals surface area contributed by atoms with Crippen LogP contribution < -0.4 is 0 Å². The Kier molecular flexibility index (Phi) is 4.94. The third kappa shape index (κ3) is 2.62. The number of fused-ring (bicyclic) bond motifs is 7. The first kappa shape index (κ1) is 23.0. The highest BCUT2D eigenvalue weighted by Gasteiger charge is 2.68. The van der Waals surface area contributed by atoms with Crippen LogP contribution >= 0.6 is 0 Å². The summed E-state index contributed by atoms with van der Waals surface area (Å²) in [7, 11) is 0. The maximum absolute atomic E-state index is 12.5. The van der Waals surface area contributed by atoms with E-state index in [1.807, 2.05) is 5.57 Å². The van der Waals surface area contributed by atoms with Crippen molar-refractivity contribution in [3.8, 4) is 0 Å². The standard InChI is InChI=1S/C30H48O2/c1-19-11-15-26(3)17-18-29(6)21(24(26)20(19)2)9-10-23-27(4)13-8-14-28(5,25(31)32)22(27)12-16-30(23,29)7/h9,19-20,22-24H,8,10-18H2,1-7H3,(H,31,32)/t19-,20+,22?,23-,24+,26-,27+,28?,29-,30-/m1/s1. The molecule has 180 valence electrons. The first-order valence-corrected chi connectivity index (χ1v) is 13.8. The molecule has 4 saturated carbocycles. The molecule has 5 aliphatic rings. The van der Waals surface area contributed by atoms with Crippen LogP contribution in [0.1, 0.15) is 113 Å². The molecule has 2 nitrogen and oxygen atoms in total. The molecule has 0 spiro atoms. The molecule has 4 fully saturated rings. The second kappa shape index (κ2) is 6.88. The molecule has 1 N–H and O–H groups in total. The van der Waals surface area contributed by atoms with Crippen LogP contribution in [-0.2, 0) is 4.79 Å². The lowest BCUT2D eigenvalue weighted by molar-refractivity contribution is -0.196. The summed E-state index contributed by atoms with van der Waals surface area (Å²) in [5, 5.41) is 10.2. The highest BCUT2D eigenvalue weighted by Crippen LogP contribution is 2.75. The maximum atomic E-state index is 12.5. The Labute approximate surface area is 197 Å².